The van der Waals surface area contributed by atoms with Crippen LogP contribution in [-0.2, 0) is 9.59 Å². The van der Waals surface area contributed by atoms with Gasteiger partial charge in [0.2, 0.25) is 5.91 Å². The lowest BCUT2D eigenvalue weighted by Gasteiger charge is -2.23. The lowest BCUT2D eigenvalue weighted by molar-refractivity contribution is -0.118. The van der Waals surface area contributed by atoms with Crippen LogP contribution in [0.4, 0.5) is 11.4 Å². The topological polar surface area (TPSA) is 61.8 Å². The first-order valence-corrected chi connectivity index (χ1v) is 8.30. The van der Waals surface area contributed by atoms with Crippen LogP contribution in [0, 0.1) is 20.8 Å². The minimum Gasteiger partial charge on any atom is -0.321 e. The Hall–Kier alpha value is -2.95. The van der Waals surface area contributed by atoms with Gasteiger partial charge in [-0.25, -0.2) is 5.01 Å². The molecule has 0 aliphatic carbocycles. The van der Waals surface area contributed by atoms with Crippen molar-refractivity contribution in [3.8, 4) is 0 Å². The summed E-state index contributed by atoms with van der Waals surface area (Å²) in [6.07, 6.45) is 0.616. The van der Waals surface area contributed by atoms with Crippen molar-refractivity contribution >= 4 is 28.9 Å². The third-order valence-corrected chi connectivity index (χ3v) is 4.31. The first-order valence-electron chi connectivity index (χ1n) is 8.30. The maximum absolute atomic E-state index is 12.5. The van der Waals surface area contributed by atoms with E-state index in [2.05, 4.69) is 10.4 Å². The molecule has 0 fully saturated rings. The number of hydrogen-bond donors (Lipinski definition) is 1. The number of benzene rings is 2. The number of amides is 2. The zero-order valence-electron chi connectivity index (χ0n) is 14.7. The second-order valence-electron chi connectivity index (χ2n) is 6.34. The molecule has 2 aromatic carbocycles. The van der Waals surface area contributed by atoms with Crippen molar-refractivity contribution in [3.63, 3.8) is 0 Å². The summed E-state index contributed by atoms with van der Waals surface area (Å²) in [6.45, 7) is 5.98. The van der Waals surface area contributed by atoms with E-state index in [0.29, 0.717) is 17.8 Å². The molecule has 0 atom stereocenters. The van der Waals surface area contributed by atoms with Crippen LogP contribution in [0.2, 0.25) is 0 Å². The van der Waals surface area contributed by atoms with Crippen molar-refractivity contribution < 1.29 is 9.59 Å². The van der Waals surface area contributed by atoms with Crippen LogP contribution in [-0.4, -0.2) is 17.5 Å². The summed E-state index contributed by atoms with van der Waals surface area (Å²) in [7, 11) is 0. The molecule has 25 heavy (non-hydrogen) atoms. The average Bonchev–Trinajstić information content (AvgIpc) is 2.58. The van der Waals surface area contributed by atoms with E-state index in [1.54, 1.807) is 0 Å². The van der Waals surface area contributed by atoms with Crippen LogP contribution in [0.1, 0.15) is 29.5 Å². The highest BCUT2D eigenvalue weighted by Crippen LogP contribution is 2.22. The van der Waals surface area contributed by atoms with E-state index in [1.807, 2.05) is 63.2 Å². The smallest absolute Gasteiger partial charge is 0.271 e. The Morgan fingerprint density at radius 1 is 1.04 bits per heavy atom. The van der Waals surface area contributed by atoms with Gasteiger partial charge in [-0.3, -0.25) is 9.59 Å². The normalized spacial score (nSPS) is 14.3. The van der Waals surface area contributed by atoms with Gasteiger partial charge >= 0.3 is 0 Å². The Kier molecular flexibility index (Phi) is 4.65. The molecule has 1 N–H and O–H groups in total. The molecule has 1 heterocycles. The summed E-state index contributed by atoms with van der Waals surface area (Å²) in [6, 6.07) is 13.3. The van der Waals surface area contributed by atoms with Gasteiger partial charge in [0, 0.05) is 18.5 Å². The van der Waals surface area contributed by atoms with Crippen molar-refractivity contribution in [1.29, 1.82) is 0 Å². The monoisotopic (exact) mass is 335 g/mol. The Morgan fingerprint density at radius 2 is 1.84 bits per heavy atom. The maximum Gasteiger partial charge on any atom is 0.271 e. The number of hydrazone groups is 1. The molecule has 3 rings (SSSR count). The fourth-order valence-electron chi connectivity index (χ4n) is 2.70. The second kappa shape index (κ2) is 6.89. The van der Waals surface area contributed by atoms with E-state index in [-0.39, 0.29) is 18.2 Å². The van der Waals surface area contributed by atoms with Gasteiger partial charge in [-0.15, -0.1) is 0 Å². The second-order valence-corrected chi connectivity index (χ2v) is 6.34. The zero-order valence-corrected chi connectivity index (χ0v) is 14.7. The average molecular weight is 335 g/mol. The Balaban J connectivity index is 1.83. The number of hydrogen-bond acceptors (Lipinski definition) is 3. The van der Waals surface area contributed by atoms with Gasteiger partial charge in [-0.2, -0.15) is 5.10 Å². The third-order valence-electron chi connectivity index (χ3n) is 4.31. The molecule has 128 valence electrons. The molecule has 5 heteroatoms. The number of aryl methyl sites for hydroxylation is 3. The van der Waals surface area contributed by atoms with Gasteiger partial charge in [-0.1, -0.05) is 18.2 Å². The predicted molar refractivity (Wildman–Crippen MR) is 99.9 cm³/mol. The lowest BCUT2D eigenvalue weighted by atomic mass is 10.1. The summed E-state index contributed by atoms with van der Waals surface area (Å²) in [4.78, 5) is 24.7. The van der Waals surface area contributed by atoms with E-state index in [4.69, 9.17) is 0 Å². The molecule has 2 amide bonds. The SMILES string of the molecule is Cc1cccc(N2N=C(C(=O)Nc3ccc(C)c(C)c3)CCC2=O)c1. The summed E-state index contributed by atoms with van der Waals surface area (Å²) in [5.74, 6) is -0.373. The van der Waals surface area contributed by atoms with Crippen LogP contribution in [0.15, 0.2) is 47.6 Å². The zero-order chi connectivity index (χ0) is 18.0. The summed E-state index contributed by atoms with van der Waals surface area (Å²) in [5.41, 5.74) is 5.09. The molecule has 1 aliphatic rings. The van der Waals surface area contributed by atoms with Crippen molar-refractivity contribution in [1.82, 2.24) is 0 Å². The van der Waals surface area contributed by atoms with E-state index in [0.717, 1.165) is 16.8 Å². The number of carbonyl (C=O) groups is 2. The highest BCUT2D eigenvalue weighted by Gasteiger charge is 2.25. The Morgan fingerprint density at radius 3 is 2.56 bits per heavy atom. The molecule has 0 saturated carbocycles. The van der Waals surface area contributed by atoms with E-state index >= 15 is 0 Å². The van der Waals surface area contributed by atoms with Gasteiger partial charge in [-0.05, 0) is 61.7 Å². The molecule has 0 radical (unpaired) electrons. The van der Waals surface area contributed by atoms with Crippen LogP contribution < -0.4 is 10.3 Å². The predicted octanol–water partition coefficient (Wildman–Crippen LogP) is 3.73. The largest absolute Gasteiger partial charge is 0.321 e. The molecule has 0 spiro atoms. The quantitative estimate of drug-likeness (QED) is 0.929. The standard InChI is InChI=1S/C20H21N3O2/c1-13-5-4-6-17(11-13)23-19(24)10-9-18(22-23)20(25)21-16-8-7-14(2)15(3)12-16/h4-8,11-12H,9-10H2,1-3H3,(H,21,25). The van der Waals surface area contributed by atoms with Gasteiger partial charge in [0.25, 0.3) is 5.91 Å². The number of nitrogens with zero attached hydrogens (tertiary/aromatic N) is 2. The highest BCUT2D eigenvalue weighted by molar-refractivity contribution is 6.44. The Bertz CT molecular complexity index is 871. The molecule has 2 aromatic rings. The first-order chi connectivity index (χ1) is 11.9. The van der Waals surface area contributed by atoms with Crippen LogP contribution in [0.3, 0.4) is 0 Å². The van der Waals surface area contributed by atoms with Crippen molar-refractivity contribution in [2.45, 2.75) is 33.6 Å². The van der Waals surface area contributed by atoms with Crippen LogP contribution in [0.25, 0.3) is 0 Å². The Labute approximate surface area is 147 Å². The minimum atomic E-state index is -0.270. The highest BCUT2D eigenvalue weighted by atomic mass is 16.2. The summed E-state index contributed by atoms with van der Waals surface area (Å²) < 4.78 is 0. The van der Waals surface area contributed by atoms with Crippen molar-refractivity contribution in [3.05, 3.63) is 59.2 Å². The van der Waals surface area contributed by atoms with Crippen molar-refractivity contribution in [2.75, 3.05) is 10.3 Å². The molecule has 0 saturated heterocycles. The number of rotatable bonds is 3. The first kappa shape index (κ1) is 16.9. The van der Waals surface area contributed by atoms with Gasteiger partial charge in [0.1, 0.15) is 5.71 Å². The fourth-order valence-corrected chi connectivity index (χ4v) is 2.70. The van der Waals surface area contributed by atoms with Crippen LogP contribution >= 0.6 is 0 Å². The summed E-state index contributed by atoms with van der Waals surface area (Å²) in [5, 5.41) is 8.49. The molecular weight excluding hydrogens is 314 g/mol. The van der Waals surface area contributed by atoms with Crippen LogP contribution in [0.5, 0.6) is 0 Å². The molecule has 1 aliphatic heterocycles. The molecule has 5 nitrogen and oxygen atoms in total. The van der Waals surface area contributed by atoms with Gasteiger partial charge < -0.3 is 5.32 Å². The van der Waals surface area contributed by atoms with E-state index in [9.17, 15) is 9.59 Å². The van der Waals surface area contributed by atoms with E-state index < -0.39 is 0 Å². The van der Waals surface area contributed by atoms with Gasteiger partial charge in [0.05, 0.1) is 5.69 Å². The number of nitrogens with one attached hydrogen (secondary N) is 1. The van der Waals surface area contributed by atoms with Gasteiger partial charge in [0.15, 0.2) is 0 Å². The van der Waals surface area contributed by atoms with Crippen molar-refractivity contribution in [2.24, 2.45) is 5.10 Å². The summed E-state index contributed by atoms with van der Waals surface area (Å²) >= 11 is 0. The molecule has 0 unspecified atom stereocenters. The third kappa shape index (κ3) is 3.76. The van der Waals surface area contributed by atoms with E-state index in [1.165, 1.54) is 10.6 Å². The fraction of sp³-hybridized carbons (Fsp3) is 0.250. The number of carbonyl (C=O) groups excluding carboxylic acids is 2. The molecular formula is C20H21N3O2. The molecule has 0 bridgehead atoms. The molecule has 0 aromatic heterocycles. The maximum atomic E-state index is 12.5. The lowest BCUT2D eigenvalue weighted by Crippen LogP contribution is -2.36. The number of anilines is 2. The minimum absolute atomic E-state index is 0.103.